The molecule has 0 atom stereocenters. The van der Waals surface area contributed by atoms with Gasteiger partial charge in [-0.25, -0.2) is 0 Å². The number of hydrogen-bond acceptors (Lipinski definition) is 4. The summed E-state index contributed by atoms with van der Waals surface area (Å²) in [7, 11) is 1.58. The Morgan fingerprint density at radius 2 is 1.95 bits per heavy atom. The highest BCUT2D eigenvalue weighted by atomic mass is 16.6. The molecule has 1 amide bonds. The summed E-state index contributed by atoms with van der Waals surface area (Å²) in [5.74, 6) is -0.378. The number of nitrogens with one attached hydrogen (secondary N) is 1. The molecule has 2 rings (SSSR count). The lowest BCUT2D eigenvalue weighted by Gasteiger charge is -2.06. The SMILES string of the molecule is Cn1cc([N+](=O)[O-])cc1C(=O)NCc1ccc(CO)cc1. The van der Waals surface area contributed by atoms with E-state index < -0.39 is 4.92 Å². The normalized spacial score (nSPS) is 10.4. The number of aliphatic hydroxyl groups is 1. The number of rotatable bonds is 5. The largest absolute Gasteiger partial charge is 0.392 e. The predicted octanol–water partition coefficient (Wildman–Crippen LogP) is 1.36. The van der Waals surface area contributed by atoms with E-state index in [1.54, 1.807) is 31.3 Å². The van der Waals surface area contributed by atoms with Gasteiger partial charge in [-0.1, -0.05) is 24.3 Å². The smallest absolute Gasteiger partial charge is 0.287 e. The molecule has 0 fully saturated rings. The molecule has 0 unspecified atom stereocenters. The Kier molecular flexibility index (Phi) is 4.34. The highest BCUT2D eigenvalue weighted by Crippen LogP contribution is 2.15. The third kappa shape index (κ3) is 3.46. The molecule has 110 valence electrons. The summed E-state index contributed by atoms with van der Waals surface area (Å²) in [5, 5.41) is 22.3. The number of hydrogen-bond donors (Lipinski definition) is 2. The number of aromatic nitrogens is 1. The van der Waals surface area contributed by atoms with Gasteiger partial charge in [0.05, 0.1) is 17.7 Å². The van der Waals surface area contributed by atoms with Crippen molar-refractivity contribution >= 4 is 11.6 Å². The van der Waals surface area contributed by atoms with E-state index >= 15 is 0 Å². The van der Waals surface area contributed by atoms with E-state index in [0.717, 1.165) is 11.1 Å². The van der Waals surface area contributed by atoms with Crippen molar-refractivity contribution in [3.63, 3.8) is 0 Å². The average Bonchev–Trinajstić information content (AvgIpc) is 2.87. The summed E-state index contributed by atoms with van der Waals surface area (Å²) in [6.45, 7) is 0.281. The van der Waals surface area contributed by atoms with Crippen molar-refractivity contribution in [2.75, 3.05) is 0 Å². The quantitative estimate of drug-likeness (QED) is 0.641. The zero-order valence-corrected chi connectivity index (χ0v) is 11.4. The van der Waals surface area contributed by atoms with E-state index in [9.17, 15) is 14.9 Å². The van der Waals surface area contributed by atoms with Gasteiger partial charge < -0.3 is 15.0 Å². The molecular formula is C14H15N3O4. The van der Waals surface area contributed by atoms with Crippen LogP contribution in [0.5, 0.6) is 0 Å². The van der Waals surface area contributed by atoms with Crippen LogP contribution in [-0.4, -0.2) is 20.5 Å². The highest BCUT2D eigenvalue weighted by Gasteiger charge is 2.17. The van der Waals surface area contributed by atoms with Crippen molar-refractivity contribution in [3.8, 4) is 0 Å². The van der Waals surface area contributed by atoms with E-state index in [-0.39, 0.29) is 23.9 Å². The van der Waals surface area contributed by atoms with Crippen LogP contribution in [0.3, 0.4) is 0 Å². The molecule has 7 nitrogen and oxygen atoms in total. The monoisotopic (exact) mass is 289 g/mol. The Balaban J connectivity index is 2.02. The van der Waals surface area contributed by atoms with Crippen LogP contribution in [0.15, 0.2) is 36.5 Å². The third-order valence-electron chi connectivity index (χ3n) is 3.09. The zero-order valence-electron chi connectivity index (χ0n) is 11.4. The molecule has 0 aliphatic rings. The fourth-order valence-corrected chi connectivity index (χ4v) is 1.91. The van der Waals surface area contributed by atoms with Gasteiger partial charge in [0.15, 0.2) is 0 Å². The van der Waals surface area contributed by atoms with Crippen LogP contribution in [0, 0.1) is 10.1 Å². The molecule has 1 aromatic carbocycles. The maximum Gasteiger partial charge on any atom is 0.287 e. The van der Waals surface area contributed by atoms with Crippen LogP contribution in [0.25, 0.3) is 0 Å². The third-order valence-corrected chi connectivity index (χ3v) is 3.09. The molecule has 0 radical (unpaired) electrons. The second-order valence-electron chi connectivity index (χ2n) is 4.61. The highest BCUT2D eigenvalue weighted by molar-refractivity contribution is 5.93. The molecule has 0 saturated heterocycles. The Hall–Kier alpha value is -2.67. The van der Waals surface area contributed by atoms with Crippen molar-refractivity contribution < 1.29 is 14.8 Å². The Morgan fingerprint density at radius 1 is 1.33 bits per heavy atom. The first-order chi connectivity index (χ1) is 10.0. The minimum atomic E-state index is -0.537. The standard InChI is InChI=1S/C14H15N3O4/c1-16-8-12(17(20)21)6-13(16)14(19)15-7-10-2-4-11(9-18)5-3-10/h2-6,8,18H,7,9H2,1H3,(H,15,19). The summed E-state index contributed by atoms with van der Waals surface area (Å²) in [6, 6.07) is 8.40. The van der Waals surface area contributed by atoms with Gasteiger partial charge in [-0.05, 0) is 11.1 Å². The minimum absolute atomic E-state index is 0.0281. The van der Waals surface area contributed by atoms with Crippen LogP contribution in [0.4, 0.5) is 5.69 Å². The maximum absolute atomic E-state index is 12.0. The van der Waals surface area contributed by atoms with Gasteiger partial charge in [-0.2, -0.15) is 0 Å². The summed E-state index contributed by atoms with van der Waals surface area (Å²) >= 11 is 0. The maximum atomic E-state index is 12.0. The number of amides is 1. The van der Waals surface area contributed by atoms with E-state index in [0.29, 0.717) is 6.54 Å². The van der Waals surface area contributed by atoms with E-state index in [1.807, 2.05) is 0 Å². The fraction of sp³-hybridized carbons (Fsp3) is 0.214. The molecule has 2 aromatic rings. The van der Waals surface area contributed by atoms with Crippen LogP contribution < -0.4 is 5.32 Å². The van der Waals surface area contributed by atoms with Crippen molar-refractivity contribution in [1.29, 1.82) is 0 Å². The lowest BCUT2D eigenvalue weighted by atomic mass is 10.1. The van der Waals surface area contributed by atoms with Gasteiger partial charge >= 0.3 is 0 Å². The molecule has 1 heterocycles. The van der Waals surface area contributed by atoms with Crippen molar-refractivity contribution in [3.05, 3.63) is 63.5 Å². The number of benzene rings is 1. The number of carbonyl (C=O) groups is 1. The first-order valence-electron chi connectivity index (χ1n) is 6.29. The Bertz CT molecular complexity index is 661. The molecule has 0 saturated carbocycles. The number of carbonyl (C=O) groups excluding carboxylic acids is 1. The van der Waals surface area contributed by atoms with Crippen molar-refractivity contribution in [2.45, 2.75) is 13.2 Å². The van der Waals surface area contributed by atoms with Crippen LogP contribution >= 0.6 is 0 Å². The molecule has 7 heteroatoms. The average molecular weight is 289 g/mol. The lowest BCUT2D eigenvalue weighted by Crippen LogP contribution is -2.24. The van der Waals surface area contributed by atoms with Crippen molar-refractivity contribution in [2.24, 2.45) is 7.05 Å². The molecule has 21 heavy (non-hydrogen) atoms. The summed E-state index contributed by atoms with van der Waals surface area (Å²) < 4.78 is 1.42. The van der Waals surface area contributed by atoms with Crippen molar-refractivity contribution in [1.82, 2.24) is 9.88 Å². The zero-order chi connectivity index (χ0) is 15.4. The molecule has 1 aromatic heterocycles. The summed E-state index contributed by atoms with van der Waals surface area (Å²) in [4.78, 5) is 22.1. The fourth-order valence-electron chi connectivity index (χ4n) is 1.91. The van der Waals surface area contributed by atoms with E-state index in [1.165, 1.54) is 16.8 Å². The second kappa shape index (κ2) is 6.19. The molecule has 0 aliphatic carbocycles. The van der Waals surface area contributed by atoms with Gasteiger partial charge in [-0.15, -0.1) is 0 Å². The van der Waals surface area contributed by atoms with Gasteiger partial charge in [0.2, 0.25) is 0 Å². The summed E-state index contributed by atoms with van der Waals surface area (Å²) in [5.41, 5.74) is 1.79. The van der Waals surface area contributed by atoms with Gasteiger partial charge in [0.25, 0.3) is 11.6 Å². The molecule has 0 aliphatic heterocycles. The summed E-state index contributed by atoms with van der Waals surface area (Å²) in [6.07, 6.45) is 1.30. The number of aliphatic hydroxyl groups excluding tert-OH is 1. The first-order valence-corrected chi connectivity index (χ1v) is 6.29. The van der Waals surface area contributed by atoms with Crippen LogP contribution in [0.2, 0.25) is 0 Å². The first kappa shape index (κ1) is 14.7. The second-order valence-corrected chi connectivity index (χ2v) is 4.61. The molecule has 0 bridgehead atoms. The Morgan fingerprint density at radius 3 is 2.48 bits per heavy atom. The number of nitro groups is 1. The lowest BCUT2D eigenvalue weighted by molar-refractivity contribution is -0.384. The van der Waals surface area contributed by atoms with Gasteiger partial charge in [0, 0.05) is 19.7 Å². The Labute approximate surface area is 121 Å². The molecular weight excluding hydrogens is 274 g/mol. The predicted molar refractivity (Wildman–Crippen MR) is 75.6 cm³/mol. The molecule has 0 spiro atoms. The molecule has 2 N–H and O–H groups in total. The number of nitrogens with zero attached hydrogens (tertiary/aromatic N) is 2. The van der Waals surface area contributed by atoms with Gasteiger partial charge in [0.1, 0.15) is 5.69 Å². The minimum Gasteiger partial charge on any atom is -0.392 e. The van der Waals surface area contributed by atoms with E-state index in [2.05, 4.69) is 5.32 Å². The van der Waals surface area contributed by atoms with Crippen LogP contribution in [0.1, 0.15) is 21.6 Å². The van der Waals surface area contributed by atoms with Gasteiger partial charge in [-0.3, -0.25) is 14.9 Å². The van der Waals surface area contributed by atoms with E-state index in [4.69, 9.17) is 5.11 Å². The van der Waals surface area contributed by atoms with Crippen LogP contribution in [-0.2, 0) is 20.2 Å². The number of aryl methyl sites for hydroxylation is 1. The topological polar surface area (TPSA) is 97.4 Å².